The molecule has 21 heavy (non-hydrogen) atoms. The summed E-state index contributed by atoms with van der Waals surface area (Å²) in [5.41, 5.74) is 4.01. The van der Waals surface area contributed by atoms with Gasteiger partial charge in [-0.05, 0) is 36.7 Å². The molecule has 0 spiro atoms. The first-order chi connectivity index (χ1) is 10.4. The fourth-order valence-electron chi connectivity index (χ4n) is 2.99. The second-order valence-corrected chi connectivity index (χ2v) is 5.40. The third kappa shape index (κ3) is 3.01. The van der Waals surface area contributed by atoms with Crippen LogP contribution in [0.4, 0.5) is 0 Å². The highest BCUT2D eigenvalue weighted by Crippen LogP contribution is 2.32. The number of rotatable bonds is 6. The van der Waals surface area contributed by atoms with Gasteiger partial charge in [0.05, 0.1) is 0 Å². The van der Waals surface area contributed by atoms with E-state index in [4.69, 9.17) is 0 Å². The zero-order valence-corrected chi connectivity index (χ0v) is 12.5. The van der Waals surface area contributed by atoms with Crippen molar-refractivity contribution < 1.29 is 0 Å². The number of hydrogen-bond donors (Lipinski definition) is 2. The van der Waals surface area contributed by atoms with Crippen molar-refractivity contribution in [3.63, 3.8) is 0 Å². The fraction of sp³-hybridized carbons (Fsp3) is 0.263. The first-order valence-electron chi connectivity index (χ1n) is 7.72. The number of benzene rings is 2. The molecule has 3 rings (SSSR count). The number of H-pyrrole nitrogens is 1. The van der Waals surface area contributed by atoms with E-state index < -0.39 is 0 Å². The van der Waals surface area contributed by atoms with Gasteiger partial charge in [-0.1, -0.05) is 55.5 Å². The molecular weight excluding hydrogens is 256 g/mol. The van der Waals surface area contributed by atoms with Gasteiger partial charge in [0.2, 0.25) is 0 Å². The molecule has 1 heterocycles. The Balaban J connectivity index is 1.98. The molecule has 2 aromatic carbocycles. The van der Waals surface area contributed by atoms with Crippen molar-refractivity contribution >= 4 is 10.9 Å². The summed E-state index contributed by atoms with van der Waals surface area (Å²) in [6.07, 6.45) is 3.29. The van der Waals surface area contributed by atoms with E-state index in [2.05, 4.69) is 78.0 Å². The third-order valence-electron chi connectivity index (χ3n) is 4.06. The topological polar surface area (TPSA) is 27.8 Å². The maximum Gasteiger partial charge on any atom is 0.0457 e. The van der Waals surface area contributed by atoms with Gasteiger partial charge in [-0.3, -0.25) is 0 Å². The summed E-state index contributed by atoms with van der Waals surface area (Å²) in [4.78, 5) is 3.41. The highest BCUT2D eigenvalue weighted by atomic mass is 14.8. The van der Waals surface area contributed by atoms with Gasteiger partial charge in [0, 0.05) is 23.0 Å². The van der Waals surface area contributed by atoms with Gasteiger partial charge < -0.3 is 10.3 Å². The molecule has 1 atom stereocenters. The van der Waals surface area contributed by atoms with Crippen LogP contribution in [0.5, 0.6) is 0 Å². The van der Waals surface area contributed by atoms with E-state index >= 15 is 0 Å². The third-order valence-corrected chi connectivity index (χ3v) is 4.06. The zero-order chi connectivity index (χ0) is 14.5. The summed E-state index contributed by atoms with van der Waals surface area (Å²) < 4.78 is 0. The molecule has 0 saturated heterocycles. The molecule has 2 nitrogen and oxygen atoms in total. The number of para-hydroxylation sites is 1. The molecule has 3 aromatic rings. The Labute approximate surface area is 126 Å². The maximum absolute atomic E-state index is 3.45. The van der Waals surface area contributed by atoms with E-state index in [0.29, 0.717) is 5.92 Å². The van der Waals surface area contributed by atoms with E-state index in [1.807, 2.05) is 0 Å². The van der Waals surface area contributed by atoms with Crippen LogP contribution in [0.3, 0.4) is 0 Å². The van der Waals surface area contributed by atoms with Crippen molar-refractivity contribution in [1.82, 2.24) is 10.3 Å². The first kappa shape index (κ1) is 13.9. The van der Waals surface area contributed by atoms with Crippen LogP contribution in [0.15, 0.2) is 60.8 Å². The Kier molecular flexibility index (Phi) is 4.37. The Morgan fingerprint density at radius 1 is 1.00 bits per heavy atom. The van der Waals surface area contributed by atoms with Crippen LogP contribution in [0, 0.1) is 0 Å². The predicted octanol–water partition coefficient (Wildman–Crippen LogP) is 4.30. The molecule has 0 bridgehead atoms. The maximum atomic E-state index is 3.45. The molecule has 0 aliphatic carbocycles. The van der Waals surface area contributed by atoms with Crippen molar-refractivity contribution in [1.29, 1.82) is 0 Å². The van der Waals surface area contributed by atoms with Gasteiger partial charge in [0.1, 0.15) is 0 Å². The van der Waals surface area contributed by atoms with E-state index in [9.17, 15) is 0 Å². The molecule has 0 saturated carbocycles. The van der Waals surface area contributed by atoms with Crippen LogP contribution in [-0.4, -0.2) is 18.1 Å². The lowest BCUT2D eigenvalue weighted by atomic mass is 9.88. The van der Waals surface area contributed by atoms with Crippen molar-refractivity contribution in [2.45, 2.75) is 19.3 Å². The van der Waals surface area contributed by atoms with Crippen LogP contribution in [0.1, 0.15) is 30.4 Å². The average molecular weight is 278 g/mol. The number of aromatic nitrogens is 1. The molecule has 108 valence electrons. The Hall–Kier alpha value is -2.06. The van der Waals surface area contributed by atoms with Crippen LogP contribution < -0.4 is 5.32 Å². The minimum Gasteiger partial charge on any atom is -0.361 e. The normalized spacial score (nSPS) is 12.6. The molecular formula is C19H22N2. The average Bonchev–Trinajstić information content (AvgIpc) is 2.96. The van der Waals surface area contributed by atoms with Gasteiger partial charge in [-0.25, -0.2) is 0 Å². The molecule has 1 aromatic heterocycles. The summed E-state index contributed by atoms with van der Waals surface area (Å²) in [5.74, 6) is 0.432. The summed E-state index contributed by atoms with van der Waals surface area (Å²) in [6.45, 7) is 4.22. The summed E-state index contributed by atoms with van der Waals surface area (Å²) >= 11 is 0. The van der Waals surface area contributed by atoms with Gasteiger partial charge in [-0.2, -0.15) is 0 Å². The van der Waals surface area contributed by atoms with Gasteiger partial charge in [0.25, 0.3) is 0 Å². The van der Waals surface area contributed by atoms with Gasteiger partial charge in [-0.15, -0.1) is 0 Å². The van der Waals surface area contributed by atoms with Crippen LogP contribution in [0.2, 0.25) is 0 Å². The lowest BCUT2D eigenvalue weighted by Gasteiger charge is -2.17. The minimum atomic E-state index is 0.432. The van der Waals surface area contributed by atoms with Crippen molar-refractivity contribution in [3.05, 3.63) is 71.9 Å². The summed E-state index contributed by atoms with van der Waals surface area (Å²) in [5, 5.41) is 4.78. The summed E-state index contributed by atoms with van der Waals surface area (Å²) in [6, 6.07) is 19.4. The quantitative estimate of drug-likeness (QED) is 0.646. The van der Waals surface area contributed by atoms with Gasteiger partial charge in [0.15, 0.2) is 0 Å². The minimum absolute atomic E-state index is 0.432. The molecule has 1 unspecified atom stereocenters. The highest BCUT2D eigenvalue weighted by molar-refractivity contribution is 5.84. The van der Waals surface area contributed by atoms with E-state index in [-0.39, 0.29) is 0 Å². The van der Waals surface area contributed by atoms with Crippen molar-refractivity contribution in [2.24, 2.45) is 0 Å². The molecule has 2 heteroatoms. The smallest absolute Gasteiger partial charge is 0.0457 e. The number of hydrogen-bond acceptors (Lipinski definition) is 1. The summed E-state index contributed by atoms with van der Waals surface area (Å²) in [7, 11) is 0. The predicted molar refractivity (Wildman–Crippen MR) is 89.7 cm³/mol. The van der Waals surface area contributed by atoms with Crippen LogP contribution in [0.25, 0.3) is 10.9 Å². The Morgan fingerprint density at radius 2 is 1.76 bits per heavy atom. The first-order valence-corrected chi connectivity index (χ1v) is 7.72. The van der Waals surface area contributed by atoms with E-state index in [0.717, 1.165) is 19.5 Å². The van der Waals surface area contributed by atoms with Crippen LogP contribution >= 0.6 is 0 Å². The molecule has 0 radical (unpaired) electrons. The Morgan fingerprint density at radius 3 is 2.57 bits per heavy atom. The molecule has 2 N–H and O–H groups in total. The fourth-order valence-corrected chi connectivity index (χ4v) is 2.99. The lowest BCUT2D eigenvalue weighted by Crippen LogP contribution is -2.17. The lowest BCUT2D eigenvalue weighted by molar-refractivity contribution is 0.630. The number of fused-ring (bicyclic) bond motifs is 1. The van der Waals surface area contributed by atoms with E-state index in [1.165, 1.54) is 22.0 Å². The van der Waals surface area contributed by atoms with E-state index in [1.54, 1.807) is 0 Å². The molecule has 0 fully saturated rings. The van der Waals surface area contributed by atoms with Crippen molar-refractivity contribution in [3.8, 4) is 0 Å². The van der Waals surface area contributed by atoms with Crippen LogP contribution in [-0.2, 0) is 0 Å². The SMILES string of the molecule is CCNCCC(c1ccccc1)c1c[nH]c2ccccc12. The molecule has 0 aliphatic rings. The second kappa shape index (κ2) is 6.59. The molecule has 0 amide bonds. The number of aromatic amines is 1. The zero-order valence-electron chi connectivity index (χ0n) is 12.5. The number of nitrogens with one attached hydrogen (secondary N) is 2. The Bertz CT molecular complexity index is 685. The highest BCUT2D eigenvalue weighted by Gasteiger charge is 2.17. The second-order valence-electron chi connectivity index (χ2n) is 5.40. The largest absolute Gasteiger partial charge is 0.361 e. The standard InChI is InChI=1S/C19H22N2/c1-2-20-13-12-16(15-8-4-3-5-9-15)18-14-21-19-11-7-6-10-17(18)19/h3-11,14,16,20-21H,2,12-13H2,1H3. The monoisotopic (exact) mass is 278 g/mol. The van der Waals surface area contributed by atoms with Gasteiger partial charge >= 0.3 is 0 Å². The molecule has 0 aliphatic heterocycles. The van der Waals surface area contributed by atoms with Crippen molar-refractivity contribution in [2.75, 3.05) is 13.1 Å².